The van der Waals surface area contributed by atoms with E-state index in [2.05, 4.69) is 22.3 Å². The predicted molar refractivity (Wildman–Crippen MR) is 144 cm³/mol. The maximum absolute atomic E-state index is 13.2. The third kappa shape index (κ3) is 6.00. The van der Waals surface area contributed by atoms with Gasteiger partial charge in [0.25, 0.3) is 0 Å². The lowest BCUT2D eigenvalue weighted by atomic mass is 9.88. The van der Waals surface area contributed by atoms with Crippen molar-refractivity contribution in [2.75, 3.05) is 41.5 Å². The van der Waals surface area contributed by atoms with Gasteiger partial charge in [0, 0.05) is 12.6 Å². The van der Waals surface area contributed by atoms with Crippen LogP contribution < -0.4 is 24.3 Å². The van der Waals surface area contributed by atoms with Crippen LogP contribution in [-0.4, -0.2) is 52.3 Å². The summed E-state index contributed by atoms with van der Waals surface area (Å²) in [4.78, 5) is 15.4. The van der Waals surface area contributed by atoms with Crippen LogP contribution in [-0.2, 0) is 17.6 Å². The van der Waals surface area contributed by atoms with E-state index in [1.807, 2.05) is 55.5 Å². The van der Waals surface area contributed by atoms with Crippen LogP contribution in [0, 0.1) is 0 Å². The lowest BCUT2D eigenvalue weighted by Gasteiger charge is -2.38. The van der Waals surface area contributed by atoms with E-state index in [0.29, 0.717) is 36.0 Å². The normalized spacial score (nSPS) is 15.9. The molecule has 4 rings (SSSR count). The monoisotopic (exact) mass is 504 g/mol. The molecule has 7 nitrogen and oxygen atoms in total. The van der Waals surface area contributed by atoms with Crippen LogP contribution in [0.15, 0.2) is 60.7 Å². The van der Waals surface area contributed by atoms with Gasteiger partial charge in [0.1, 0.15) is 0 Å². The van der Waals surface area contributed by atoms with Crippen molar-refractivity contribution in [2.24, 2.45) is 0 Å². The molecule has 1 aliphatic rings. The molecule has 1 aliphatic heterocycles. The fourth-order valence-electron chi connectivity index (χ4n) is 5.04. The SMILES string of the molecule is COc1ccc(CC2c3cc(OC)c(OC)cc3CCN2CC(=O)N[C@@H](C)c2ccccc2)cc1OC. The summed E-state index contributed by atoms with van der Waals surface area (Å²) < 4.78 is 22.1. The standard InChI is InChI=1S/C30H36N2O5/c1-20(22-9-7-6-8-10-22)31-30(33)19-32-14-13-23-17-28(36-4)29(37-5)18-24(23)25(32)15-21-11-12-26(34-2)27(16-21)35-3/h6-12,16-18,20,25H,13-15,19H2,1-5H3,(H,31,33)/t20-,25?/m0/s1. The van der Waals surface area contributed by atoms with Crippen LogP contribution in [0.4, 0.5) is 0 Å². The van der Waals surface area contributed by atoms with Crippen LogP contribution in [0.25, 0.3) is 0 Å². The first-order chi connectivity index (χ1) is 18.0. The summed E-state index contributed by atoms with van der Waals surface area (Å²) in [5.74, 6) is 2.77. The van der Waals surface area contributed by atoms with Crippen molar-refractivity contribution in [3.63, 3.8) is 0 Å². The van der Waals surface area contributed by atoms with Crippen LogP contribution in [0.3, 0.4) is 0 Å². The Kier molecular flexibility index (Phi) is 8.56. The number of fused-ring (bicyclic) bond motifs is 1. The van der Waals surface area contributed by atoms with Gasteiger partial charge in [-0.1, -0.05) is 36.4 Å². The van der Waals surface area contributed by atoms with E-state index >= 15 is 0 Å². The summed E-state index contributed by atoms with van der Waals surface area (Å²) in [6, 6.07) is 20.0. The Morgan fingerprint density at radius 3 is 2.22 bits per heavy atom. The molecule has 3 aromatic carbocycles. The Bertz CT molecular complexity index is 1210. The minimum Gasteiger partial charge on any atom is -0.493 e. The third-order valence-electron chi connectivity index (χ3n) is 7.01. The number of hydrogen-bond acceptors (Lipinski definition) is 6. The Labute approximate surface area is 219 Å². The van der Waals surface area contributed by atoms with Crippen LogP contribution in [0.2, 0.25) is 0 Å². The molecule has 196 valence electrons. The summed E-state index contributed by atoms with van der Waals surface area (Å²) in [5, 5.41) is 3.16. The number of carbonyl (C=O) groups is 1. The highest BCUT2D eigenvalue weighted by atomic mass is 16.5. The molecule has 0 saturated heterocycles. The predicted octanol–water partition coefficient (Wildman–Crippen LogP) is 4.74. The number of nitrogens with zero attached hydrogens (tertiary/aromatic N) is 1. The van der Waals surface area contributed by atoms with Crippen LogP contribution in [0.5, 0.6) is 23.0 Å². The molecule has 1 N–H and O–H groups in total. The maximum atomic E-state index is 13.2. The molecular formula is C30H36N2O5. The number of ether oxygens (including phenoxy) is 4. The van der Waals surface area contributed by atoms with Crippen molar-refractivity contribution in [3.05, 3.63) is 82.9 Å². The lowest BCUT2D eigenvalue weighted by Crippen LogP contribution is -2.44. The van der Waals surface area contributed by atoms with Gasteiger partial charge in [0.15, 0.2) is 23.0 Å². The van der Waals surface area contributed by atoms with Crippen molar-refractivity contribution >= 4 is 5.91 Å². The number of benzene rings is 3. The van der Waals surface area contributed by atoms with Gasteiger partial charge in [0.2, 0.25) is 5.91 Å². The summed E-state index contributed by atoms with van der Waals surface area (Å²) in [5.41, 5.74) is 4.52. The van der Waals surface area contributed by atoms with Gasteiger partial charge in [-0.3, -0.25) is 9.69 Å². The number of hydrogen-bond donors (Lipinski definition) is 1. The molecule has 2 atom stereocenters. The van der Waals surface area contributed by atoms with E-state index in [9.17, 15) is 4.79 Å². The quantitative estimate of drug-likeness (QED) is 0.430. The Morgan fingerprint density at radius 1 is 0.892 bits per heavy atom. The molecule has 7 heteroatoms. The summed E-state index contributed by atoms with van der Waals surface area (Å²) in [6.07, 6.45) is 1.52. The molecule has 0 aliphatic carbocycles. The molecule has 37 heavy (non-hydrogen) atoms. The van der Waals surface area contributed by atoms with Gasteiger partial charge in [-0.05, 0) is 66.3 Å². The summed E-state index contributed by atoms with van der Waals surface area (Å²) >= 11 is 0. The summed E-state index contributed by atoms with van der Waals surface area (Å²) in [7, 11) is 6.57. The largest absolute Gasteiger partial charge is 0.493 e. The van der Waals surface area contributed by atoms with Gasteiger partial charge >= 0.3 is 0 Å². The molecular weight excluding hydrogens is 468 g/mol. The summed E-state index contributed by atoms with van der Waals surface area (Å²) in [6.45, 7) is 3.06. The molecule has 0 saturated carbocycles. The molecule has 1 unspecified atom stereocenters. The Hall–Kier alpha value is -3.71. The van der Waals surface area contributed by atoms with Gasteiger partial charge in [0.05, 0.1) is 41.0 Å². The molecule has 0 fully saturated rings. The minimum atomic E-state index is -0.0700. The van der Waals surface area contributed by atoms with E-state index in [0.717, 1.165) is 29.7 Å². The molecule has 0 bridgehead atoms. The lowest BCUT2D eigenvalue weighted by molar-refractivity contribution is -0.123. The number of nitrogens with one attached hydrogen (secondary N) is 1. The van der Waals surface area contributed by atoms with Gasteiger partial charge < -0.3 is 24.3 Å². The van der Waals surface area contributed by atoms with E-state index < -0.39 is 0 Å². The zero-order valence-electron chi connectivity index (χ0n) is 22.2. The van der Waals surface area contributed by atoms with Gasteiger partial charge in [-0.25, -0.2) is 0 Å². The highest BCUT2D eigenvalue weighted by Crippen LogP contribution is 2.40. The second kappa shape index (κ2) is 12.0. The number of rotatable bonds is 10. The Morgan fingerprint density at radius 2 is 1.54 bits per heavy atom. The van der Waals surface area contributed by atoms with E-state index in [1.54, 1.807) is 28.4 Å². The second-order valence-electron chi connectivity index (χ2n) is 9.24. The van der Waals surface area contributed by atoms with Crippen LogP contribution in [0.1, 0.15) is 41.3 Å². The maximum Gasteiger partial charge on any atom is 0.234 e. The van der Waals surface area contributed by atoms with Crippen LogP contribution >= 0.6 is 0 Å². The highest BCUT2D eigenvalue weighted by molar-refractivity contribution is 5.78. The molecule has 3 aromatic rings. The van der Waals surface area contributed by atoms with Crippen molar-refractivity contribution < 1.29 is 23.7 Å². The zero-order chi connectivity index (χ0) is 26.4. The molecule has 0 aromatic heterocycles. The third-order valence-corrected chi connectivity index (χ3v) is 7.01. The molecule has 1 heterocycles. The van der Waals surface area contributed by atoms with Crippen molar-refractivity contribution in [1.29, 1.82) is 0 Å². The highest BCUT2D eigenvalue weighted by Gasteiger charge is 2.31. The first-order valence-corrected chi connectivity index (χ1v) is 12.5. The van der Waals surface area contributed by atoms with E-state index in [4.69, 9.17) is 18.9 Å². The number of carbonyl (C=O) groups excluding carboxylic acids is 1. The fraction of sp³-hybridized carbons (Fsp3) is 0.367. The van der Waals surface area contributed by atoms with Gasteiger partial charge in [-0.2, -0.15) is 0 Å². The van der Waals surface area contributed by atoms with Crippen molar-refractivity contribution in [3.8, 4) is 23.0 Å². The average molecular weight is 505 g/mol. The first kappa shape index (κ1) is 26.4. The minimum absolute atomic E-state index is 0.00223. The fourth-order valence-corrected chi connectivity index (χ4v) is 5.04. The molecule has 1 amide bonds. The zero-order valence-corrected chi connectivity index (χ0v) is 22.2. The van der Waals surface area contributed by atoms with Crippen molar-refractivity contribution in [1.82, 2.24) is 10.2 Å². The van der Waals surface area contributed by atoms with E-state index in [1.165, 1.54) is 5.56 Å². The number of amides is 1. The topological polar surface area (TPSA) is 69.3 Å². The first-order valence-electron chi connectivity index (χ1n) is 12.5. The average Bonchev–Trinajstić information content (AvgIpc) is 2.93. The number of methoxy groups -OCH3 is 4. The smallest absolute Gasteiger partial charge is 0.234 e. The molecule has 0 radical (unpaired) electrons. The second-order valence-corrected chi connectivity index (χ2v) is 9.24. The van der Waals surface area contributed by atoms with E-state index in [-0.39, 0.29) is 18.0 Å². The molecule has 0 spiro atoms. The Balaban J connectivity index is 1.62. The van der Waals surface area contributed by atoms with Gasteiger partial charge in [-0.15, -0.1) is 0 Å². The van der Waals surface area contributed by atoms with Crippen molar-refractivity contribution in [2.45, 2.75) is 31.8 Å².